The Morgan fingerprint density at radius 1 is 1.36 bits per heavy atom. The van der Waals surface area contributed by atoms with E-state index in [-0.39, 0.29) is 16.3 Å². The first-order valence-corrected chi connectivity index (χ1v) is 7.90. The van der Waals surface area contributed by atoms with Crippen LogP contribution in [0.5, 0.6) is 0 Å². The summed E-state index contributed by atoms with van der Waals surface area (Å²) in [6.07, 6.45) is 1.46. The largest absolute Gasteiger partial charge is 0.264 e. The number of hydrogen-bond acceptors (Lipinski definition) is 4. The number of rotatable bonds is 3. The van der Waals surface area contributed by atoms with Crippen LogP contribution in [0.15, 0.2) is 35.4 Å². The molecule has 22 heavy (non-hydrogen) atoms. The van der Waals surface area contributed by atoms with Crippen LogP contribution < -0.4 is 4.72 Å². The van der Waals surface area contributed by atoms with Crippen molar-refractivity contribution in [1.29, 1.82) is 5.26 Å². The molecular weight excluding hydrogens is 307 g/mol. The van der Waals surface area contributed by atoms with E-state index < -0.39 is 21.4 Å². The summed E-state index contributed by atoms with van der Waals surface area (Å²) in [5.74, 6) is -0.745. The number of hydrogen-bond donors (Lipinski definition) is 1. The van der Waals surface area contributed by atoms with Crippen LogP contribution >= 0.6 is 0 Å². The Morgan fingerprint density at radius 2 is 2.05 bits per heavy atom. The Kier molecular flexibility index (Phi) is 3.94. The van der Waals surface area contributed by atoms with Crippen LogP contribution in [0.1, 0.15) is 26.3 Å². The standard InChI is InChI=1S/C14H15FN4O2S/c1-14(2,3)19-9-10(8-16)13(17-19)18-22(20,21)12-6-4-5-11(15)7-12/h4-7,9H,1-3H3,(H,17,18). The molecule has 0 spiro atoms. The van der Waals surface area contributed by atoms with Gasteiger partial charge in [-0.15, -0.1) is 0 Å². The molecule has 8 heteroatoms. The molecule has 0 saturated heterocycles. The van der Waals surface area contributed by atoms with Gasteiger partial charge in [0.2, 0.25) is 0 Å². The molecule has 116 valence electrons. The van der Waals surface area contributed by atoms with E-state index in [1.165, 1.54) is 23.0 Å². The van der Waals surface area contributed by atoms with E-state index in [1.807, 2.05) is 26.8 Å². The van der Waals surface area contributed by atoms with Gasteiger partial charge in [-0.2, -0.15) is 10.4 Å². The lowest BCUT2D eigenvalue weighted by molar-refractivity contribution is 0.356. The number of halogens is 1. The minimum Gasteiger partial charge on any atom is -0.264 e. The van der Waals surface area contributed by atoms with Gasteiger partial charge in [-0.3, -0.25) is 9.40 Å². The Labute approximate surface area is 128 Å². The van der Waals surface area contributed by atoms with Crippen molar-refractivity contribution in [2.24, 2.45) is 0 Å². The number of aromatic nitrogens is 2. The first-order chi connectivity index (χ1) is 10.1. The van der Waals surface area contributed by atoms with Gasteiger partial charge in [-0.1, -0.05) is 6.07 Å². The second-order valence-electron chi connectivity index (χ2n) is 5.68. The van der Waals surface area contributed by atoms with E-state index in [0.29, 0.717) is 0 Å². The number of nitriles is 1. The SMILES string of the molecule is CC(C)(C)n1cc(C#N)c(NS(=O)(=O)c2cccc(F)c2)n1. The summed E-state index contributed by atoms with van der Waals surface area (Å²) >= 11 is 0. The Balaban J connectivity index is 2.42. The van der Waals surface area contributed by atoms with Crippen molar-refractivity contribution in [2.45, 2.75) is 31.2 Å². The van der Waals surface area contributed by atoms with Crippen LogP contribution in [-0.4, -0.2) is 18.2 Å². The molecule has 0 saturated carbocycles. The van der Waals surface area contributed by atoms with E-state index in [2.05, 4.69) is 9.82 Å². The minimum absolute atomic E-state index is 0.0818. The maximum Gasteiger partial charge on any atom is 0.263 e. The van der Waals surface area contributed by atoms with Gasteiger partial charge in [-0.25, -0.2) is 12.8 Å². The highest BCUT2D eigenvalue weighted by Gasteiger charge is 2.22. The maximum atomic E-state index is 13.2. The molecule has 0 unspecified atom stereocenters. The molecular formula is C14H15FN4O2S. The van der Waals surface area contributed by atoms with E-state index in [0.717, 1.165) is 12.1 Å². The van der Waals surface area contributed by atoms with Gasteiger partial charge < -0.3 is 0 Å². The van der Waals surface area contributed by atoms with Crippen molar-refractivity contribution >= 4 is 15.8 Å². The van der Waals surface area contributed by atoms with E-state index in [4.69, 9.17) is 5.26 Å². The number of nitrogens with one attached hydrogen (secondary N) is 1. The fourth-order valence-corrected chi connectivity index (χ4v) is 2.74. The van der Waals surface area contributed by atoms with Gasteiger partial charge in [0, 0.05) is 6.20 Å². The van der Waals surface area contributed by atoms with Crippen molar-refractivity contribution < 1.29 is 12.8 Å². The lowest BCUT2D eigenvalue weighted by Crippen LogP contribution is -2.22. The topological polar surface area (TPSA) is 87.8 Å². The van der Waals surface area contributed by atoms with Crippen LogP contribution in [0.4, 0.5) is 10.2 Å². The van der Waals surface area contributed by atoms with Gasteiger partial charge >= 0.3 is 0 Å². The van der Waals surface area contributed by atoms with Crippen LogP contribution in [0, 0.1) is 17.1 Å². The molecule has 2 rings (SSSR count). The number of nitrogens with zero attached hydrogens (tertiary/aromatic N) is 3. The zero-order valence-electron chi connectivity index (χ0n) is 12.3. The third-order valence-electron chi connectivity index (χ3n) is 2.86. The molecule has 1 N–H and O–H groups in total. The summed E-state index contributed by atoms with van der Waals surface area (Å²) in [5.41, 5.74) is -0.316. The minimum atomic E-state index is -4.02. The highest BCUT2D eigenvalue weighted by molar-refractivity contribution is 7.92. The summed E-state index contributed by atoms with van der Waals surface area (Å²) in [6.45, 7) is 5.60. The molecule has 0 bridgehead atoms. The zero-order valence-corrected chi connectivity index (χ0v) is 13.1. The summed E-state index contributed by atoms with van der Waals surface area (Å²) < 4.78 is 41.4. The number of anilines is 1. The molecule has 1 aromatic carbocycles. The Hall–Kier alpha value is -2.40. The Bertz CT molecular complexity index is 844. The molecule has 0 aliphatic heterocycles. The molecule has 2 aromatic rings. The molecule has 1 heterocycles. The summed E-state index contributed by atoms with van der Waals surface area (Å²) in [4.78, 5) is -0.235. The third-order valence-corrected chi connectivity index (χ3v) is 4.20. The van der Waals surface area contributed by atoms with Gasteiger partial charge in [-0.05, 0) is 39.0 Å². The molecule has 6 nitrogen and oxygen atoms in total. The molecule has 0 atom stereocenters. The average Bonchev–Trinajstić information content (AvgIpc) is 2.81. The monoisotopic (exact) mass is 322 g/mol. The van der Waals surface area contributed by atoms with Gasteiger partial charge in [0.15, 0.2) is 5.82 Å². The first kappa shape index (κ1) is 16.0. The quantitative estimate of drug-likeness (QED) is 0.940. The van der Waals surface area contributed by atoms with Crippen LogP contribution in [0.25, 0.3) is 0 Å². The number of sulfonamides is 1. The smallest absolute Gasteiger partial charge is 0.263 e. The second-order valence-corrected chi connectivity index (χ2v) is 7.36. The van der Waals surface area contributed by atoms with Crippen LogP contribution in [0.3, 0.4) is 0 Å². The maximum absolute atomic E-state index is 13.2. The third kappa shape index (κ3) is 3.26. The summed E-state index contributed by atoms with van der Waals surface area (Å²) in [7, 11) is -4.02. The highest BCUT2D eigenvalue weighted by Crippen LogP contribution is 2.22. The molecule has 0 aliphatic carbocycles. The van der Waals surface area contributed by atoms with E-state index in [9.17, 15) is 12.8 Å². The molecule has 0 amide bonds. The van der Waals surface area contributed by atoms with Crippen LogP contribution in [0.2, 0.25) is 0 Å². The van der Waals surface area contributed by atoms with Crippen molar-refractivity contribution in [3.8, 4) is 6.07 Å². The summed E-state index contributed by atoms with van der Waals surface area (Å²) in [5, 5.41) is 13.2. The van der Waals surface area contributed by atoms with Crippen molar-refractivity contribution in [2.75, 3.05) is 4.72 Å². The van der Waals surface area contributed by atoms with E-state index >= 15 is 0 Å². The molecule has 1 aromatic heterocycles. The normalized spacial score (nSPS) is 12.0. The first-order valence-electron chi connectivity index (χ1n) is 6.42. The number of benzene rings is 1. The highest BCUT2D eigenvalue weighted by atomic mass is 32.2. The Morgan fingerprint density at radius 3 is 2.59 bits per heavy atom. The second kappa shape index (κ2) is 5.42. The predicted molar refractivity (Wildman–Crippen MR) is 79.1 cm³/mol. The average molecular weight is 322 g/mol. The predicted octanol–water partition coefficient (Wildman–Crippen LogP) is 2.45. The summed E-state index contributed by atoms with van der Waals surface area (Å²) in [6, 6.07) is 6.49. The zero-order chi connectivity index (χ0) is 16.5. The van der Waals surface area contributed by atoms with Crippen molar-refractivity contribution in [3.05, 3.63) is 41.8 Å². The lowest BCUT2D eigenvalue weighted by atomic mass is 10.1. The van der Waals surface area contributed by atoms with Crippen LogP contribution in [-0.2, 0) is 15.6 Å². The van der Waals surface area contributed by atoms with E-state index in [1.54, 1.807) is 0 Å². The van der Waals surface area contributed by atoms with Gasteiger partial charge in [0.05, 0.1) is 10.4 Å². The van der Waals surface area contributed by atoms with Crippen molar-refractivity contribution in [1.82, 2.24) is 9.78 Å². The van der Waals surface area contributed by atoms with Crippen molar-refractivity contribution in [3.63, 3.8) is 0 Å². The van der Waals surface area contributed by atoms with Gasteiger partial charge in [0.25, 0.3) is 10.0 Å². The van der Waals surface area contributed by atoms with Gasteiger partial charge in [0.1, 0.15) is 17.4 Å². The lowest BCUT2D eigenvalue weighted by Gasteiger charge is -2.18. The fourth-order valence-electron chi connectivity index (χ4n) is 1.70. The molecule has 0 aliphatic rings. The fraction of sp³-hybridized carbons (Fsp3) is 0.286. The molecule has 0 fully saturated rings. The molecule has 0 radical (unpaired) electrons.